The van der Waals surface area contributed by atoms with Gasteiger partial charge in [-0.05, 0) is 31.2 Å². The van der Waals surface area contributed by atoms with Gasteiger partial charge in [0.05, 0.1) is 6.42 Å². The van der Waals surface area contributed by atoms with Gasteiger partial charge in [-0.2, -0.15) is 0 Å². The Balaban J connectivity index is 2.28. The Hall–Kier alpha value is -1.90. The maximum Gasteiger partial charge on any atom is 0.137 e. The summed E-state index contributed by atoms with van der Waals surface area (Å²) < 4.78 is 18.4. The quantitative estimate of drug-likeness (QED) is 0.791. The number of hydrogen-bond acceptors (Lipinski definition) is 2. The molecule has 1 heterocycles. The van der Waals surface area contributed by atoms with Crippen molar-refractivity contribution in [2.75, 3.05) is 0 Å². The first-order valence-electron chi connectivity index (χ1n) is 4.99. The lowest BCUT2D eigenvalue weighted by Crippen LogP contribution is -1.93. The number of halogens is 1. The number of Topliss-reactive ketones (excluding diaryl/α,β-unsaturated/α-hetero) is 1. The Morgan fingerprint density at radius 2 is 2.12 bits per heavy atom. The van der Waals surface area contributed by atoms with Crippen LogP contribution in [0.1, 0.15) is 12.7 Å². The molecule has 0 saturated carbocycles. The highest BCUT2D eigenvalue weighted by Crippen LogP contribution is 2.22. The predicted octanol–water partition coefficient (Wildman–Crippen LogP) is 3.22. The van der Waals surface area contributed by atoms with Crippen molar-refractivity contribution in [3.63, 3.8) is 0 Å². The smallest absolute Gasteiger partial charge is 0.137 e. The molecule has 2 nitrogen and oxygen atoms in total. The molecule has 0 aliphatic carbocycles. The molecule has 1 aromatic carbocycles. The molecule has 0 aliphatic rings. The highest BCUT2D eigenvalue weighted by atomic mass is 19.1. The molecule has 0 radical (unpaired) electrons. The Kier molecular flexibility index (Phi) is 2.86. The molecule has 82 valence electrons. The van der Waals surface area contributed by atoms with Crippen LogP contribution in [-0.2, 0) is 11.2 Å². The molecule has 1 aromatic heterocycles. The second kappa shape index (κ2) is 4.31. The zero-order valence-electron chi connectivity index (χ0n) is 8.87. The van der Waals surface area contributed by atoms with Gasteiger partial charge in [0.15, 0.2) is 0 Å². The molecule has 0 saturated heterocycles. The van der Waals surface area contributed by atoms with E-state index in [1.54, 1.807) is 24.3 Å². The van der Waals surface area contributed by atoms with Crippen molar-refractivity contribution in [2.24, 2.45) is 0 Å². The lowest BCUT2D eigenvalue weighted by atomic mass is 10.2. The molecule has 2 rings (SSSR count). The van der Waals surface area contributed by atoms with Crippen molar-refractivity contribution in [3.05, 3.63) is 48.0 Å². The van der Waals surface area contributed by atoms with E-state index in [-0.39, 0.29) is 18.0 Å². The lowest BCUT2D eigenvalue weighted by Gasteiger charge is -1.96. The zero-order chi connectivity index (χ0) is 11.5. The van der Waals surface area contributed by atoms with Gasteiger partial charge in [-0.1, -0.05) is 12.1 Å². The van der Waals surface area contributed by atoms with E-state index in [2.05, 4.69) is 0 Å². The zero-order valence-corrected chi connectivity index (χ0v) is 8.87. The summed E-state index contributed by atoms with van der Waals surface area (Å²) in [6.07, 6.45) is 0.273. The van der Waals surface area contributed by atoms with Gasteiger partial charge in [-0.15, -0.1) is 0 Å². The van der Waals surface area contributed by atoms with Crippen LogP contribution >= 0.6 is 0 Å². The molecule has 0 fully saturated rings. The van der Waals surface area contributed by atoms with E-state index in [0.717, 1.165) is 0 Å². The number of hydrogen-bond donors (Lipinski definition) is 0. The number of furan rings is 1. The minimum absolute atomic E-state index is 0.0418. The molecule has 0 bridgehead atoms. The largest absolute Gasteiger partial charge is 0.461 e. The fourth-order valence-corrected chi connectivity index (χ4v) is 1.52. The van der Waals surface area contributed by atoms with Crippen molar-refractivity contribution < 1.29 is 13.6 Å². The van der Waals surface area contributed by atoms with Crippen molar-refractivity contribution in [3.8, 4) is 11.3 Å². The van der Waals surface area contributed by atoms with Crippen LogP contribution in [0.25, 0.3) is 11.3 Å². The minimum atomic E-state index is -0.304. The van der Waals surface area contributed by atoms with Gasteiger partial charge >= 0.3 is 0 Å². The van der Waals surface area contributed by atoms with Crippen LogP contribution in [0.2, 0.25) is 0 Å². The monoisotopic (exact) mass is 218 g/mol. The van der Waals surface area contributed by atoms with E-state index in [9.17, 15) is 9.18 Å². The molecular formula is C13H11FO2. The fourth-order valence-electron chi connectivity index (χ4n) is 1.52. The maximum atomic E-state index is 13.0. The van der Waals surface area contributed by atoms with Crippen molar-refractivity contribution in [1.29, 1.82) is 0 Å². The van der Waals surface area contributed by atoms with Crippen molar-refractivity contribution in [1.82, 2.24) is 0 Å². The van der Waals surface area contributed by atoms with Crippen LogP contribution < -0.4 is 0 Å². The summed E-state index contributed by atoms with van der Waals surface area (Å²) in [6.45, 7) is 1.50. The Labute approximate surface area is 92.7 Å². The SMILES string of the molecule is CC(=O)Cc1ccc(-c2cccc(F)c2)o1. The molecular weight excluding hydrogens is 207 g/mol. The van der Waals surface area contributed by atoms with Gasteiger partial charge in [0.25, 0.3) is 0 Å². The average Bonchev–Trinajstić information content (AvgIpc) is 2.65. The van der Waals surface area contributed by atoms with Crippen LogP contribution in [0.15, 0.2) is 40.8 Å². The lowest BCUT2D eigenvalue weighted by molar-refractivity contribution is -0.116. The molecule has 0 unspecified atom stereocenters. The molecule has 3 heteroatoms. The van der Waals surface area contributed by atoms with Crippen LogP contribution in [0.3, 0.4) is 0 Å². The van der Waals surface area contributed by atoms with E-state index in [1.807, 2.05) is 0 Å². The molecule has 0 amide bonds. The van der Waals surface area contributed by atoms with E-state index in [4.69, 9.17) is 4.42 Å². The van der Waals surface area contributed by atoms with Gasteiger partial charge in [-0.3, -0.25) is 4.79 Å². The van der Waals surface area contributed by atoms with Gasteiger partial charge in [0, 0.05) is 5.56 Å². The first kappa shape index (κ1) is 10.6. The van der Waals surface area contributed by atoms with Crippen molar-refractivity contribution in [2.45, 2.75) is 13.3 Å². The average molecular weight is 218 g/mol. The van der Waals surface area contributed by atoms with Crippen LogP contribution in [0, 0.1) is 5.82 Å². The summed E-state index contributed by atoms with van der Waals surface area (Å²) in [5.74, 6) is 0.921. The number of carbonyl (C=O) groups is 1. The summed E-state index contributed by atoms with van der Waals surface area (Å²) in [5, 5.41) is 0. The second-order valence-electron chi connectivity index (χ2n) is 3.66. The van der Waals surface area contributed by atoms with Crippen molar-refractivity contribution >= 4 is 5.78 Å². The molecule has 0 N–H and O–H groups in total. The third kappa shape index (κ3) is 2.37. The molecule has 16 heavy (non-hydrogen) atoms. The Morgan fingerprint density at radius 3 is 2.81 bits per heavy atom. The highest BCUT2D eigenvalue weighted by molar-refractivity contribution is 5.77. The molecule has 0 aliphatic heterocycles. The van der Waals surface area contributed by atoms with Gasteiger partial charge < -0.3 is 4.42 Å². The number of rotatable bonds is 3. The summed E-state index contributed by atoms with van der Waals surface area (Å²) in [4.78, 5) is 10.9. The first-order valence-corrected chi connectivity index (χ1v) is 4.99. The van der Waals surface area contributed by atoms with E-state index < -0.39 is 0 Å². The van der Waals surface area contributed by atoms with E-state index in [0.29, 0.717) is 17.1 Å². The normalized spacial score (nSPS) is 10.4. The van der Waals surface area contributed by atoms with Gasteiger partial charge in [0.2, 0.25) is 0 Å². The highest BCUT2D eigenvalue weighted by Gasteiger charge is 2.06. The Morgan fingerprint density at radius 1 is 1.31 bits per heavy atom. The molecule has 0 atom stereocenters. The molecule has 0 spiro atoms. The van der Waals surface area contributed by atoms with Crippen LogP contribution in [-0.4, -0.2) is 5.78 Å². The molecule has 2 aromatic rings. The minimum Gasteiger partial charge on any atom is -0.461 e. The summed E-state index contributed by atoms with van der Waals surface area (Å²) >= 11 is 0. The van der Waals surface area contributed by atoms with E-state index >= 15 is 0 Å². The summed E-state index contributed by atoms with van der Waals surface area (Å²) in [7, 11) is 0. The van der Waals surface area contributed by atoms with Crippen LogP contribution in [0.4, 0.5) is 4.39 Å². The number of benzene rings is 1. The predicted molar refractivity (Wildman–Crippen MR) is 58.5 cm³/mol. The van der Waals surface area contributed by atoms with Gasteiger partial charge in [-0.25, -0.2) is 4.39 Å². The standard InChI is InChI=1S/C13H11FO2/c1-9(15)7-12-5-6-13(16-12)10-3-2-4-11(14)8-10/h2-6,8H,7H2,1H3. The fraction of sp³-hybridized carbons (Fsp3) is 0.154. The van der Waals surface area contributed by atoms with E-state index in [1.165, 1.54) is 19.1 Å². The maximum absolute atomic E-state index is 13.0. The topological polar surface area (TPSA) is 30.2 Å². The number of carbonyl (C=O) groups excluding carboxylic acids is 1. The third-order valence-electron chi connectivity index (χ3n) is 2.19. The van der Waals surface area contributed by atoms with Gasteiger partial charge in [0.1, 0.15) is 23.1 Å². The second-order valence-corrected chi connectivity index (χ2v) is 3.66. The van der Waals surface area contributed by atoms with Crippen LogP contribution in [0.5, 0.6) is 0 Å². The summed E-state index contributed by atoms with van der Waals surface area (Å²) in [5.41, 5.74) is 0.676. The summed E-state index contributed by atoms with van der Waals surface area (Å²) in [6, 6.07) is 9.64. The third-order valence-corrected chi connectivity index (χ3v) is 2.19. The first-order chi connectivity index (χ1) is 7.65. The Bertz CT molecular complexity index is 514. The number of ketones is 1.